The number of urea groups is 2. The fourth-order valence-corrected chi connectivity index (χ4v) is 4.00. The first-order chi connectivity index (χ1) is 13.1. The third kappa shape index (κ3) is 3.06. The Bertz CT molecular complexity index is 868. The van der Waals surface area contributed by atoms with E-state index in [0.29, 0.717) is 11.1 Å². The van der Waals surface area contributed by atoms with Crippen molar-refractivity contribution in [2.75, 3.05) is 13.6 Å². The monoisotopic (exact) mass is 396 g/mol. The zero-order valence-electron chi connectivity index (χ0n) is 15.1. The van der Waals surface area contributed by atoms with Crippen LogP contribution in [0.5, 0.6) is 0 Å². The molecule has 1 aliphatic carbocycles. The number of amides is 5. The van der Waals surface area contributed by atoms with Gasteiger partial charge in [-0.3, -0.25) is 10.1 Å². The highest BCUT2D eigenvalue weighted by atomic mass is 19.4. The lowest BCUT2D eigenvalue weighted by Crippen LogP contribution is -2.58. The molecular formula is C18H19F3N4O3. The summed E-state index contributed by atoms with van der Waals surface area (Å²) in [5.74, 6) is -0.474. The van der Waals surface area contributed by atoms with Gasteiger partial charge in [-0.1, -0.05) is 6.07 Å². The first-order valence-corrected chi connectivity index (χ1v) is 8.93. The molecule has 2 heterocycles. The first-order valence-electron chi connectivity index (χ1n) is 8.93. The maximum Gasteiger partial charge on any atom is 0.416 e. The van der Waals surface area contributed by atoms with Crippen molar-refractivity contribution in [3.8, 4) is 0 Å². The van der Waals surface area contributed by atoms with Crippen LogP contribution >= 0.6 is 0 Å². The Morgan fingerprint density at radius 1 is 1.25 bits per heavy atom. The van der Waals surface area contributed by atoms with E-state index in [1.807, 2.05) is 0 Å². The molecule has 7 nitrogen and oxygen atoms in total. The highest BCUT2D eigenvalue weighted by Gasteiger charge is 2.57. The van der Waals surface area contributed by atoms with E-state index in [-0.39, 0.29) is 25.6 Å². The van der Waals surface area contributed by atoms with E-state index in [4.69, 9.17) is 0 Å². The van der Waals surface area contributed by atoms with E-state index in [0.717, 1.165) is 25.0 Å². The summed E-state index contributed by atoms with van der Waals surface area (Å²) in [5, 5.41) is 4.89. The largest absolute Gasteiger partial charge is 0.416 e. The van der Waals surface area contributed by atoms with Gasteiger partial charge in [0.05, 0.1) is 12.1 Å². The molecule has 3 aliphatic rings. The van der Waals surface area contributed by atoms with E-state index in [9.17, 15) is 27.6 Å². The molecule has 0 aromatic heterocycles. The molecule has 5 amide bonds. The molecule has 4 rings (SSSR count). The van der Waals surface area contributed by atoms with Gasteiger partial charge < -0.3 is 15.1 Å². The standard InChI is InChI=1S/C18H19F3N4O3/c1-24(9-17(12-4-5-12)14(26)22-15(27)23-17)16(28)25-7-10-2-3-13(18(19,20)21)6-11(10)8-25/h2-3,6,12H,4-5,7-9H2,1H3,(H2,22,23,26,27). The van der Waals surface area contributed by atoms with Crippen molar-refractivity contribution in [3.05, 3.63) is 34.9 Å². The molecule has 2 N–H and O–H groups in total. The topological polar surface area (TPSA) is 81.8 Å². The summed E-state index contributed by atoms with van der Waals surface area (Å²) >= 11 is 0. The molecule has 0 bridgehead atoms. The number of carbonyl (C=O) groups is 3. The average molecular weight is 396 g/mol. The Balaban J connectivity index is 1.47. The summed E-state index contributed by atoms with van der Waals surface area (Å²) in [5.41, 5.74) is -0.761. The zero-order chi connectivity index (χ0) is 20.3. The number of carbonyl (C=O) groups excluding carboxylic acids is 3. The van der Waals surface area contributed by atoms with Crippen molar-refractivity contribution in [2.45, 2.75) is 37.6 Å². The van der Waals surface area contributed by atoms with Crippen LogP contribution in [0.4, 0.5) is 22.8 Å². The molecule has 1 aromatic carbocycles. The van der Waals surface area contributed by atoms with Crippen molar-refractivity contribution in [1.29, 1.82) is 0 Å². The van der Waals surface area contributed by atoms with Crippen LogP contribution in [0, 0.1) is 5.92 Å². The lowest BCUT2D eigenvalue weighted by Gasteiger charge is -2.33. The number of alkyl halides is 3. The van der Waals surface area contributed by atoms with E-state index >= 15 is 0 Å². The SMILES string of the molecule is CN(CC1(C2CC2)NC(=O)NC1=O)C(=O)N1Cc2ccc(C(F)(F)F)cc2C1. The van der Waals surface area contributed by atoms with E-state index in [1.54, 1.807) is 0 Å². The average Bonchev–Trinajstić information content (AvgIpc) is 3.31. The molecular weight excluding hydrogens is 377 g/mol. The van der Waals surface area contributed by atoms with Crippen molar-refractivity contribution < 1.29 is 27.6 Å². The molecule has 1 saturated heterocycles. The number of nitrogens with zero attached hydrogens (tertiary/aromatic N) is 2. The van der Waals surface area contributed by atoms with Crippen LogP contribution in [-0.2, 0) is 24.1 Å². The summed E-state index contributed by atoms with van der Waals surface area (Å²) in [7, 11) is 1.52. The molecule has 1 aromatic rings. The Labute approximate surface area is 158 Å². The fraction of sp³-hybridized carbons (Fsp3) is 0.500. The van der Waals surface area contributed by atoms with Crippen LogP contribution in [0.1, 0.15) is 29.5 Å². The minimum absolute atomic E-state index is 0.00865. The number of imide groups is 1. The Morgan fingerprint density at radius 2 is 1.93 bits per heavy atom. The summed E-state index contributed by atoms with van der Waals surface area (Å²) in [6, 6.07) is 2.49. The lowest BCUT2D eigenvalue weighted by molar-refractivity contribution is -0.137. The van der Waals surface area contributed by atoms with Crippen LogP contribution in [0.25, 0.3) is 0 Å². The number of rotatable bonds is 3. The number of nitrogens with one attached hydrogen (secondary N) is 2. The normalized spacial score (nSPS) is 24.1. The van der Waals surface area contributed by atoms with Gasteiger partial charge in [-0.25, -0.2) is 9.59 Å². The molecule has 10 heteroatoms. The van der Waals surface area contributed by atoms with E-state index < -0.39 is 35.2 Å². The highest BCUT2D eigenvalue weighted by Crippen LogP contribution is 2.42. The van der Waals surface area contributed by atoms with E-state index in [1.165, 1.54) is 22.9 Å². The van der Waals surface area contributed by atoms with Gasteiger partial charge >= 0.3 is 18.2 Å². The van der Waals surface area contributed by atoms with Gasteiger partial charge in [0, 0.05) is 20.1 Å². The molecule has 1 saturated carbocycles. The number of hydrogen-bond acceptors (Lipinski definition) is 3. The highest BCUT2D eigenvalue weighted by molar-refractivity contribution is 6.07. The third-order valence-electron chi connectivity index (χ3n) is 5.58. The van der Waals surface area contributed by atoms with Gasteiger partial charge in [0.15, 0.2) is 0 Å². The van der Waals surface area contributed by atoms with Gasteiger partial charge in [-0.15, -0.1) is 0 Å². The van der Waals surface area contributed by atoms with E-state index in [2.05, 4.69) is 10.6 Å². The lowest BCUT2D eigenvalue weighted by atomic mass is 9.93. The fourth-order valence-electron chi connectivity index (χ4n) is 4.00. The second-order valence-electron chi connectivity index (χ2n) is 7.63. The van der Waals surface area contributed by atoms with Crippen molar-refractivity contribution in [2.24, 2.45) is 5.92 Å². The number of hydrogen-bond donors (Lipinski definition) is 2. The summed E-state index contributed by atoms with van der Waals surface area (Å²) in [6.07, 6.45) is -2.87. The van der Waals surface area contributed by atoms with Gasteiger partial charge in [0.1, 0.15) is 5.54 Å². The smallest absolute Gasteiger partial charge is 0.325 e. The second kappa shape index (κ2) is 6.11. The van der Waals surface area contributed by atoms with Gasteiger partial charge in [-0.05, 0) is 42.0 Å². The number of likely N-dealkylation sites (N-methyl/N-ethyl adjacent to an activating group) is 1. The Morgan fingerprint density at radius 3 is 2.50 bits per heavy atom. The van der Waals surface area contributed by atoms with Crippen molar-refractivity contribution in [1.82, 2.24) is 20.4 Å². The molecule has 2 aliphatic heterocycles. The van der Waals surface area contributed by atoms with Gasteiger partial charge in [-0.2, -0.15) is 13.2 Å². The Kier molecular flexibility index (Phi) is 4.06. The predicted octanol–water partition coefficient (Wildman–Crippen LogP) is 2.06. The number of benzene rings is 1. The molecule has 2 fully saturated rings. The van der Waals surface area contributed by atoms with Crippen LogP contribution < -0.4 is 10.6 Å². The van der Waals surface area contributed by atoms with Crippen LogP contribution in [0.2, 0.25) is 0 Å². The number of halogens is 3. The molecule has 0 radical (unpaired) electrons. The minimum atomic E-state index is -4.44. The summed E-state index contributed by atoms with van der Waals surface area (Å²) in [4.78, 5) is 39.6. The number of fused-ring (bicyclic) bond motifs is 1. The zero-order valence-corrected chi connectivity index (χ0v) is 15.1. The molecule has 150 valence electrons. The maximum atomic E-state index is 12.9. The molecule has 1 unspecified atom stereocenters. The van der Waals surface area contributed by atoms with Gasteiger partial charge in [0.25, 0.3) is 5.91 Å². The third-order valence-corrected chi connectivity index (χ3v) is 5.58. The first kappa shape index (κ1) is 18.6. The van der Waals surface area contributed by atoms with Crippen LogP contribution in [-0.4, -0.2) is 46.9 Å². The summed E-state index contributed by atoms with van der Waals surface area (Å²) in [6.45, 7) is 0.276. The van der Waals surface area contributed by atoms with Crippen LogP contribution in [0.3, 0.4) is 0 Å². The minimum Gasteiger partial charge on any atom is -0.325 e. The maximum absolute atomic E-state index is 12.9. The second-order valence-corrected chi connectivity index (χ2v) is 7.63. The Hall–Kier alpha value is -2.78. The van der Waals surface area contributed by atoms with Crippen LogP contribution in [0.15, 0.2) is 18.2 Å². The molecule has 0 spiro atoms. The summed E-state index contributed by atoms with van der Waals surface area (Å²) < 4.78 is 38.7. The molecule has 1 atom stereocenters. The quantitative estimate of drug-likeness (QED) is 0.768. The van der Waals surface area contributed by atoms with Crippen molar-refractivity contribution in [3.63, 3.8) is 0 Å². The van der Waals surface area contributed by atoms with Gasteiger partial charge in [0.2, 0.25) is 0 Å². The van der Waals surface area contributed by atoms with Crippen molar-refractivity contribution >= 4 is 18.0 Å². The predicted molar refractivity (Wildman–Crippen MR) is 90.8 cm³/mol. The molecule has 28 heavy (non-hydrogen) atoms.